The Labute approximate surface area is 200 Å². The van der Waals surface area contributed by atoms with Gasteiger partial charge in [-0.3, -0.25) is 0 Å². The minimum absolute atomic E-state index is 0.109. The molecule has 0 fully saturated rings. The van der Waals surface area contributed by atoms with Gasteiger partial charge < -0.3 is 21.3 Å². The molecule has 34 heavy (non-hydrogen) atoms. The number of aromatic nitrogens is 4. The summed E-state index contributed by atoms with van der Waals surface area (Å²) in [6.45, 7) is 2.11. The second-order valence-corrected chi connectivity index (χ2v) is 7.93. The molecule has 0 amide bonds. The summed E-state index contributed by atoms with van der Waals surface area (Å²) in [5, 5.41) is 6.88. The molecule has 0 saturated carbocycles. The van der Waals surface area contributed by atoms with Crippen molar-refractivity contribution in [1.29, 1.82) is 0 Å². The van der Waals surface area contributed by atoms with E-state index in [-0.39, 0.29) is 6.04 Å². The van der Waals surface area contributed by atoms with Crippen LogP contribution >= 0.6 is 0 Å². The predicted molar refractivity (Wildman–Crippen MR) is 137 cm³/mol. The van der Waals surface area contributed by atoms with E-state index in [4.69, 9.17) is 15.7 Å². The molecule has 2 aromatic heterocycles. The first-order valence-corrected chi connectivity index (χ1v) is 11.4. The zero-order valence-corrected chi connectivity index (χ0v) is 19.3. The smallest absolute Gasteiger partial charge is 0.224 e. The number of anilines is 3. The third-order valence-corrected chi connectivity index (χ3v) is 5.37. The largest absolute Gasteiger partial charge is 0.350 e. The van der Waals surface area contributed by atoms with Gasteiger partial charge in [-0.05, 0) is 24.1 Å². The van der Waals surface area contributed by atoms with Gasteiger partial charge in [0.15, 0.2) is 5.82 Å². The lowest BCUT2D eigenvalue weighted by Crippen LogP contribution is -2.37. The molecule has 174 valence electrons. The number of nitrogens with two attached hydrogens (primary N) is 1. The second kappa shape index (κ2) is 11.8. The van der Waals surface area contributed by atoms with Gasteiger partial charge in [-0.1, -0.05) is 60.7 Å². The quantitative estimate of drug-likeness (QED) is 0.297. The Morgan fingerprint density at radius 2 is 1.53 bits per heavy atom. The van der Waals surface area contributed by atoms with Crippen molar-refractivity contribution in [1.82, 2.24) is 25.3 Å². The van der Waals surface area contributed by atoms with Gasteiger partial charge in [0.25, 0.3) is 0 Å². The molecule has 0 spiro atoms. The summed E-state index contributed by atoms with van der Waals surface area (Å²) in [4.78, 5) is 20.3. The molecule has 8 heteroatoms. The molecule has 0 unspecified atom stereocenters. The van der Waals surface area contributed by atoms with Crippen molar-refractivity contribution < 1.29 is 0 Å². The van der Waals surface area contributed by atoms with Crippen LogP contribution in [0.15, 0.2) is 85.2 Å². The lowest BCUT2D eigenvalue weighted by molar-refractivity contribution is 0.601. The van der Waals surface area contributed by atoms with Crippen molar-refractivity contribution in [2.75, 3.05) is 36.9 Å². The average molecular weight is 455 g/mol. The van der Waals surface area contributed by atoms with Crippen LogP contribution in [-0.2, 0) is 6.42 Å². The Morgan fingerprint density at radius 1 is 0.853 bits per heavy atom. The fourth-order valence-corrected chi connectivity index (χ4v) is 3.62. The summed E-state index contributed by atoms with van der Waals surface area (Å²) in [5.74, 6) is 2.73. The van der Waals surface area contributed by atoms with E-state index in [1.807, 2.05) is 60.5 Å². The first-order valence-electron chi connectivity index (χ1n) is 11.4. The van der Waals surface area contributed by atoms with Crippen LogP contribution in [0.1, 0.15) is 5.56 Å². The molecule has 0 aliphatic heterocycles. The molecule has 2 aromatic carbocycles. The normalized spacial score (nSPS) is 11.7. The van der Waals surface area contributed by atoms with Crippen LogP contribution in [0.5, 0.6) is 0 Å². The molecular formula is C26H30N8. The number of hydrogen-bond donors (Lipinski definition) is 3. The van der Waals surface area contributed by atoms with Gasteiger partial charge in [-0.15, -0.1) is 0 Å². The molecule has 0 radical (unpaired) electrons. The molecule has 0 aliphatic carbocycles. The Bertz CT molecular complexity index is 1150. The van der Waals surface area contributed by atoms with Gasteiger partial charge >= 0.3 is 0 Å². The number of nitrogens with zero attached hydrogens (tertiary/aromatic N) is 5. The highest BCUT2D eigenvalue weighted by molar-refractivity contribution is 5.61. The van der Waals surface area contributed by atoms with E-state index in [0.717, 1.165) is 36.7 Å². The van der Waals surface area contributed by atoms with Gasteiger partial charge in [0.05, 0.1) is 0 Å². The number of nitrogens with one attached hydrogen (secondary N) is 2. The van der Waals surface area contributed by atoms with Gasteiger partial charge in [0, 0.05) is 50.7 Å². The number of hydrogen-bond acceptors (Lipinski definition) is 8. The molecule has 4 rings (SSSR count). The summed E-state index contributed by atoms with van der Waals surface area (Å²) in [6, 6.07) is 24.2. The molecule has 2 heterocycles. The summed E-state index contributed by atoms with van der Waals surface area (Å²) >= 11 is 0. The van der Waals surface area contributed by atoms with Gasteiger partial charge in [-0.25, -0.2) is 15.0 Å². The summed E-state index contributed by atoms with van der Waals surface area (Å²) in [7, 11) is 1.94. The maximum absolute atomic E-state index is 5.65. The minimum atomic E-state index is 0.109. The molecule has 1 atom stereocenters. The molecule has 0 bridgehead atoms. The maximum Gasteiger partial charge on any atom is 0.224 e. The van der Waals surface area contributed by atoms with Crippen LogP contribution in [-0.4, -0.2) is 52.7 Å². The summed E-state index contributed by atoms with van der Waals surface area (Å²) < 4.78 is 0. The molecule has 0 saturated heterocycles. The van der Waals surface area contributed by atoms with Crippen LogP contribution < -0.4 is 21.3 Å². The van der Waals surface area contributed by atoms with Crippen LogP contribution in [0, 0.1) is 0 Å². The SMILES string of the molecule is CN(c1ccnc(N[C@@H](CNCCN)Cc2ccccc2)n1)c1ccnc(-c2ccccc2)n1. The van der Waals surface area contributed by atoms with Crippen molar-refractivity contribution in [3.63, 3.8) is 0 Å². The Balaban J connectivity index is 1.51. The predicted octanol–water partition coefficient (Wildman–Crippen LogP) is 3.27. The monoisotopic (exact) mass is 454 g/mol. The van der Waals surface area contributed by atoms with Crippen LogP contribution in [0.3, 0.4) is 0 Å². The molecule has 4 aromatic rings. The van der Waals surface area contributed by atoms with E-state index in [9.17, 15) is 0 Å². The highest BCUT2D eigenvalue weighted by Crippen LogP contribution is 2.23. The van der Waals surface area contributed by atoms with E-state index < -0.39 is 0 Å². The van der Waals surface area contributed by atoms with E-state index in [1.54, 1.807) is 12.4 Å². The van der Waals surface area contributed by atoms with Gasteiger partial charge in [-0.2, -0.15) is 4.98 Å². The standard InChI is InChI=1S/C26H30N8/c1-34(23-12-15-29-25(32-23)21-10-6-3-7-11-21)24-13-16-30-26(33-24)31-22(19-28-17-14-27)18-20-8-4-2-5-9-20/h2-13,15-16,22,28H,14,17-19,27H2,1H3,(H,30,31,33)/t22-/m1/s1. The van der Waals surface area contributed by atoms with Crippen molar-refractivity contribution in [2.45, 2.75) is 12.5 Å². The zero-order chi connectivity index (χ0) is 23.6. The van der Waals surface area contributed by atoms with E-state index in [1.165, 1.54) is 5.56 Å². The minimum Gasteiger partial charge on any atom is -0.350 e. The summed E-state index contributed by atoms with van der Waals surface area (Å²) in [5.41, 5.74) is 7.87. The maximum atomic E-state index is 5.65. The lowest BCUT2D eigenvalue weighted by Gasteiger charge is -2.21. The van der Waals surface area contributed by atoms with Crippen molar-refractivity contribution in [2.24, 2.45) is 5.73 Å². The van der Waals surface area contributed by atoms with Crippen LogP contribution in [0.2, 0.25) is 0 Å². The molecular weight excluding hydrogens is 424 g/mol. The van der Waals surface area contributed by atoms with Crippen molar-refractivity contribution in [3.05, 3.63) is 90.8 Å². The molecule has 0 aliphatic rings. The average Bonchev–Trinajstić information content (AvgIpc) is 2.90. The Morgan fingerprint density at radius 3 is 2.26 bits per heavy atom. The van der Waals surface area contributed by atoms with Gasteiger partial charge in [0.2, 0.25) is 5.95 Å². The molecule has 4 N–H and O–H groups in total. The second-order valence-electron chi connectivity index (χ2n) is 7.93. The number of benzene rings is 2. The fraction of sp³-hybridized carbons (Fsp3) is 0.231. The first kappa shape index (κ1) is 23.3. The van der Waals surface area contributed by atoms with Crippen molar-refractivity contribution in [3.8, 4) is 11.4 Å². The van der Waals surface area contributed by atoms with E-state index in [0.29, 0.717) is 18.3 Å². The highest BCUT2D eigenvalue weighted by atomic mass is 15.3. The fourth-order valence-electron chi connectivity index (χ4n) is 3.62. The van der Waals surface area contributed by atoms with E-state index >= 15 is 0 Å². The lowest BCUT2D eigenvalue weighted by atomic mass is 10.1. The third kappa shape index (κ3) is 6.34. The Hall–Kier alpha value is -3.88. The first-order chi connectivity index (χ1) is 16.7. The van der Waals surface area contributed by atoms with Crippen molar-refractivity contribution >= 4 is 17.6 Å². The van der Waals surface area contributed by atoms with Crippen LogP contribution in [0.4, 0.5) is 17.6 Å². The molecule has 8 nitrogen and oxygen atoms in total. The highest BCUT2D eigenvalue weighted by Gasteiger charge is 2.14. The van der Waals surface area contributed by atoms with E-state index in [2.05, 4.69) is 44.9 Å². The Kier molecular flexibility index (Phi) is 8.10. The number of rotatable bonds is 11. The van der Waals surface area contributed by atoms with Crippen LogP contribution in [0.25, 0.3) is 11.4 Å². The third-order valence-electron chi connectivity index (χ3n) is 5.37. The van der Waals surface area contributed by atoms with Gasteiger partial charge in [0.1, 0.15) is 11.6 Å². The zero-order valence-electron chi connectivity index (χ0n) is 19.3. The summed E-state index contributed by atoms with van der Waals surface area (Å²) in [6.07, 6.45) is 4.36. The topological polar surface area (TPSA) is 105 Å².